The molecule has 1 aromatic carbocycles. The van der Waals surface area contributed by atoms with Crippen LogP contribution in [0.2, 0.25) is 0 Å². The molecule has 176 valence electrons. The van der Waals surface area contributed by atoms with Crippen LogP contribution in [0, 0.1) is 0 Å². The zero-order chi connectivity index (χ0) is 23.4. The first kappa shape index (κ1) is 23.2. The lowest BCUT2D eigenvalue weighted by atomic mass is 10.3. The summed E-state index contributed by atoms with van der Waals surface area (Å²) in [6.07, 6.45) is 3.64. The number of fused-ring (bicyclic) bond motifs is 1. The van der Waals surface area contributed by atoms with E-state index in [0.29, 0.717) is 35.3 Å². The first-order valence-electron chi connectivity index (χ1n) is 10.8. The summed E-state index contributed by atoms with van der Waals surface area (Å²) in [5.41, 5.74) is 7.12. The zero-order valence-corrected chi connectivity index (χ0v) is 19.5. The van der Waals surface area contributed by atoms with E-state index in [9.17, 15) is 9.36 Å². The van der Waals surface area contributed by atoms with E-state index in [1.54, 1.807) is 42.1 Å². The van der Waals surface area contributed by atoms with E-state index in [2.05, 4.69) is 25.4 Å². The van der Waals surface area contributed by atoms with Gasteiger partial charge in [-0.05, 0) is 38.8 Å². The largest absolute Gasteiger partial charge is 0.431 e. The van der Waals surface area contributed by atoms with Gasteiger partial charge in [0.2, 0.25) is 5.95 Å². The molecule has 3 aromatic rings. The van der Waals surface area contributed by atoms with Gasteiger partial charge in [0.15, 0.2) is 17.0 Å². The molecule has 0 amide bonds. The van der Waals surface area contributed by atoms with E-state index < -0.39 is 13.6 Å². The van der Waals surface area contributed by atoms with Crippen molar-refractivity contribution >= 4 is 36.2 Å². The van der Waals surface area contributed by atoms with Crippen molar-refractivity contribution in [1.82, 2.24) is 24.6 Å². The number of hydrogen-bond donors (Lipinski definition) is 3. The van der Waals surface area contributed by atoms with Gasteiger partial charge >= 0.3 is 7.52 Å². The van der Waals surface area contributed by atoms with Crippen LogP contribution >= 0.6 is 7.52 Å². The number of imidazole rings is 1. The molecule has 0 saturated heterocycles. The van der Waals surface area contributed by atoms with Crippen LogP contribution in [-0.2, 0) is 20.6 Å². The van der Waals surface area contributed by atoms with Crippen LogP contribution in [0.25, 0.3) is 11.2 Å². The van der Waals surface area contributed by atoms with Gasteiger partial charge in [-0.1, -0.05) is 18.2 Å². The molecule has 11 nitrogen and oxygen atoms in total. The van der Waals surface area contributed by atoms with Gasteiger partial charge in [0.25, 0.3) is 0 Å². The minimum absolute atomic E-state index is 0.148. The van der Waals surface area contributed by atoms with Gasteiger partial charge in [-0.25, -0.2) is 10.1 Å². The van der Waals surface area contributed by atoms with E-state index in [-0.39, 0.29) is 24.7 Å². The predicted octanol–water partition coefficient (Wildman–Crippen LogP) is 2.80. The summed E-state index contributed by atoms with van der Waals surface area (Å²) < 4.78 is 26.6. The van der Waals surface area contributed by atoms with Crippen LogP contribution in [0.3, 0.4) is 0 Å². The van der Waals surface area contributed by atoms with Crippen LogP contribution in [-0.4, -0.2) is 50.3 Å². The van der Waals surface area contributed by atoms with E-state index >= 15 is 0 Å². The first-order chi connectivity index (χ1) is 15.8. The Labute approximate surface area is 191 Å². The van der Waals surface area contributed by atoms with Crippen LogP contribution in [0.15, 0.2) is 36.7 Å². The molecule has 0 spiro atoms. The van der Waals surface area contributed by atoms with Crippen molar-refractivity contribution in [3.63, 3.8) is 0 Å². The number of nitrogens with two attached hydrogens (primary N) is 1. The van der Waals surface area contributed by atoms with Crippen molar-refractivity contribution in [3.8, 4) is 5.75 Å². The third-order valence-corrected chi connectivity index (χ3v) is 6.94. The van der Waals surface area contributed by atoms with Crippen LogP contribution in [0.1, 0.15) is 26.7 Å². The van der Waals surface area contributed by atoms with Crippen LogP contribution < -0.4 is 20.7 Å². The number of ether oxygens (including phenoxy) is 1. The number of para-hydroxylation sites is 1. The minimum atomic E-state index is -3.50. The third kappa shape index (κ3) is 6.07. The number of hydrogen-bond acceptors (Lipinski definition) is 9. The second-order valence-corrected chi connectivity index (χ2v) is 10.1. The van der Waals surface area contributed by atoms with E-state index in [1.165, 1.54) is 6.92 Å². The highest BCUT2D eigenvalue weighted by Crippen LogP contribution is 2.43. The van der Waals surface area contributed by atoms with Gasteiger partial charge in [-0.15, -0.1) is 0 Å². The molecule has 1 unspecified atom stereocenters. The average molecular weight is 473 g/mol. The van der Waals surface area contributed by atoms with Crippen molar-refractivity contribution in [2.75, 3.05) is 24.0 Å². The summed E-state index contributed by atoms with van der Waals surface area (Å²) >= 11 is 0. The summed E-state index contributed by atoms with van der Waals surface area (Å²) in [5, 5.41) is 6.12. The Kier molecular flexibility index (Phi) is 6.92. The number of ketones is 1. The maximum absolute atomic E-state index is 13.4. The molecule has 2 atom stereocenters. The van der Waals surface area contributed by atoms with Crippen molar-refractivity contribution < 1.29 is 18.6 Å². The van der Waals surface area contributed by atoms with Crippen molar-refractivity contribution in [2.24, 2.45) is 0 Å². The lowest BCUT2D eigenvalue weighted by Gasteiger charge is -2.23. The predicted molar refractivity (Wildman–Crippen MR) is 125 cm³/mol. The fourth-order valence-corrected chi connectivity index (χ4v) is 4.91. The fourth-order valence-electron chi connectivity index (χ4n) is 3.12. The van der Waals surface area contributed by atoms with Crippen LogP contribution in [0.5, 0.6) is 5.75 Å². The minimum Gasteiger partial charge on any atom is -0.431 e. The number of anilines is 2. The van der Waals surface area contributed by atoms with Gasteiger partial charge in [0.1, 0.15) is 17.9 Å². The smallest absolute Gasteiger partial charge is 0.342 e. The topological polar surface area (TPSA) is 146 Å². The number of aromatic nitrogens is 4. The number of Topliss-reactive ketones (excluding diaryl/α,β-unsaturated/α-hetero) is 1. The Hall–Kier alpha value is -3.01. The number of rotatable bonds is 12. The number of carbonyl (C=O) groups is 1. The van der Waals surface area contributed by atoms with E-state index in [1.807, 2.05) is 6.07 Å². The molecule has 33 heavy (non-hydrogen) atoms. The molecule has 12 heteroatoms. The second kappa shape index (κ2) is 9.86. The molecule has 4 N–H and O–H groups in total. The average Bonchev–Trinajstić information content (AvgIpc) is 3.49. The molecule has 1 fully saturated rings. The highest BCUT2D eigenvalue weighted by molar-refractivity contribution is 7.57. The molecular weight excluding hydrogens is 445 g/mol. The monoisotopic (exact) mass is 473 g/mol. The molecule has 4 rings (SSSR count). The molecule has 1 saturated carbocycles. The van der Waals surface area contributed by atoms with Crippen molar-refractivity contribution in [2.45, 2.75) is 45.3 Å². The van der Waals surface area contributed by atoms with Gasteiger partial charge in [0.05, 0.1) is 19.0 Å². The standard InChI is InChI=1S/C21H28N7O4P/c1-14(15(2)29)27-33(30,32-17-6-4-3-5-7-17)13-31-11-10-28-12-23-18-19(24-16-8-9-16)25-21(22)26-20(18)28/h3-7,12,14,16H,8-11,13H2,1-2H3,(H,27,30)(H3,22,24,25,26)/t14-,33?/m0/s1. The quantitative estimate of drug-likeness (QED) is 0.265. The molecular formula is C21H28N7O4P. The maximum Gasteiger partial charge on any atom is 0.342 e. The second-order valence-electron chi connectivity index (χ2n) is 8.04. The molecule has 0 bridgehead atoms. The number of carbonyl (C=O) groups excluding carboxylic acids is 1. The van der Waals surface area contributed by atoms with E-state index in [4.69, 9.17) is 15.0 Å². The fraction of sp³-hybridized carbons (Fsp3) is 0.429. The van der Waals surface area contributed by atoms with E-state index in [0.717, 1.165) is 12.8 Å². The lowest BCUT2D eigenvalue weighted by Crippen LogP contribution is -2.32. The summed E-state index contributed by atoms with van der Waals surface area (Å²) in [6.45, 7) is 3.69. The van der Waals surface area contributed by atoms with Crippen molar-refractivity contribution in [1.29, 1.82) is 0 Å². The SMILES string of the molecule is CC(=O)[C@H](C)NP(=O)(COCCn1cnc2c(NC3CC3)nc(N)nc21)Oc1ccccc1. The molecule has 0 radical (unpaired) electrons. The summed E-state index contributed by atoms with van der Waals surface area (Å²) in [5.74, 6) is 1.07. The number of nitrogens with one attached hydrogen (secondary N) is 2. The highest BCUT2D eigenvalue weighted by Gasteiger charge is 2.29. The Morgan fingerprint density at radius 2 is 2.06 bits per heavy atom. The lowest BCUT2D eigenvalue weighted by molar-refractivity contribution is -0.118. The Morgan fingerprint density at radius 1 is 1.30 bits per heavy atom. The first-order valence-corrected chi connectivity index (χ1v) is 12.6. The zero-order valence-electron chi connectivity index (χ0n) is 18.6. The molecule has 0 aliphatic heterocycles. The van der Waals surface area contributed by atoms with Crippen molar-refractivity contribution in [3.05, 3.63) is 36.7 Å². The Bertz CT molecular complexity index is 1170. The molecule has 2 heterocycles. The normalized spacial score (nSPS) is 16.3. The number of nitrogens with zero attached hydrogens (tertiary/aromatic N) is 4. The highest BCUT2D eigenvalue weighted by atomic mass is 31.2. The molecule has 1 aliphatic rings. The van der Waals surface area contributed by atoms with Gasteiger partial charge in [0, 0.05) is 12.6 Å². The Balaban J connectivity index is 1.41. The van der Waals surface area contributed by atoms with Gasteiger partial charge in [-0.3, -0.25) is 9.36 Å². The van der Waals surface area contributed by atoms with Gasteiger partial charge in [-0.2, -0.15) is 9.97 Å². The number of nitrogen functional groups attached to an aromatic ring is 1. The summed E-state index contributed by atoms with van der Waals surface area (Å²) in [6, 6.07) is 8.54. The maximum atomic E-state index is 13.4. The number of benzene rings is 1. The third-order valence-electron chi connectivity index (χ3n) is 5.13. The van der Waals surface area contributed by atoms with Crippen LogP contribution in [0.4, 0.5) is 11.8 Å². The summed E-state index contributed by atoms with van der Waals surface area (Å²) in [4.78, 5) is 24.7. The Morgan fingerprint density at radius 3 is 2.76 bits per heavy atom. The molecule has 1 aliphatic carbocycles. The summed E-state index contributed by atoms with van der Waals surface area (Å²) in [7, 11) is -3.50. The van der Waals surface area contributed by atoms with Gasteiger partial charge < -0.3 is 24.9 Å². The molecule has 2 aromatic heterocycles.